The number of rotatable bonds is 2. The molecule has 1 rings (SSSR count). The van der Waals surface area contributed by atoms with Crippen molar-refractivity contribution in [2.75, 3.05) is 7.05 Å². The molecule has 1 atom stereocenters. The van der Waals surface area contributed by atoms with Crippen LogP contribution in [-0.2, 0) is 0 Å². The van der Waals surface area contributed by atoms with Gasteiger partial charge >= 0.3 is 0 Å². The highest BCUT2D eigenvalue weighted by atomic mass is 16.3. The maximum absolute atomic E-state index is 9.21. The van der Waals surface area contributed by atoms with Crippen molar-refractivity contribution in [2.45, 2.75) is 44.9 Å². The molecule has 0 amide bonds. The lowest BCUT2D eigenvalue weighted by molar-refractivity contribution is 0.0103. The van der Waals surface area contributed by atoms with Gasteiger partial charge in [-0.25, -0.2) is 0 Å². The summed E-state index contributed by atoms with van der Waals surface area (Å²) in [6.07, 6.45) is 4.93. The van der Waals surface area contributed by atoms with Gasteiger partial charge in [-0.1, -0.05) is 12.8 Å². The fourth-order valence-corrected chi connectivity index (χ4v) is 1.62. The minimum absolute atomic E-state index is 0.275. The van der Waals surface area contributed by atoms with E-state index in [2.05, 4.69) is 4.90 Å². The van der Waals surface area contributed by atoms with Crippen molar-refractivity contribution < 1.29 is 5.11 Å². The summed E-state index contributed by atoms with van der Waals surface area (Å²) in [5.41, 5.74) is 0. The zero-order valence-corrected chi connectivity index (χ0v) is 6.88. The van der Waals surface area contributed by atoms with Crippen molar-refractivity contribution in [3.8, 4) is 0 Å². The van der Waals surface area contributed by atoms with Gasteiger partial charge in [0.15, 0.2) is 0 Å². The van der Waals surface area contributed by atoms with E-state index in [1.54, 1.807) is 0 Å². The Bertz CT molecular complexity index is 97.4. The molecule has 0 heterocycles. The summed E-state index contributed by atoms with van der Waals surface area (Å²) >= 11 is 0. The molecule has 1 aliphatic rings. The third-order valence-corrected chi connectivity index (χ3v) is 2.49. The van der Waals surface area contributed by atoms with Gasteiger partial charge in [-0.2, -0.15) is 0 Å². The Hall–Kier alpha value is -0.0800. The van der Waals surface area contributed by atoms with Gasteiger partial charge in [0.2, 0.25) is 0 Å². The second-order valence-electron chi connectivity index (χ2n) is 3.24. The van der Waals surface area contributed by atoms with Crippen LogP contribution >= 0.6 is 0 Å². The van der Waals surface area contributed by atoms with Crippen LogP contribution in [0.1, 0.15) is 32.6 Å². The highest BCUT2D eigenvalue weighted by Gasteiger charge is 2.21. The molecule has 1 N–H and O–H groups in total. The van der Waals surface area contributed by atoms with E-state index in [1.165, 1.54) is 25.7 Å². The fraction of sp³-hybridized carbons (Fsp3) is 1.00. The highest BCUT2D eigenvalue weighted by molar-refractivity contribution is 4.75. The number of hydrogen-bond acceptors (Lipinski definition) is 2. The van der Waals surface area contributed by atoms with Crippen molar-refractivity contribution in [1.29, 1.82) is 0 Å². The minimum atomic E-state index is -0.275. The topological polar surface area (TPSA) is 23.5 Å². The van der Waals surface area contributed by atoms with Gasteiger partial charge < -0.3 is 5.11 Å². The van der Waals surface area contributed by atoms with Crippen LogP contribution in [0.5, 0.6) is 0 Å². The Morgan fingerprint density at radius 2 is 1.90 bits per heavy atom. The summed E-state index contributed by atoms with van der Waals surface area (Å²) in [5.74, 6) is 0. The summed E-state index contributed by atoms with van der Waals surface area (Å²) in [6.45, 7) is 1.83. The number of hydrogen-bond donors (Lipinski definition) is 1. The van der Waals surface area contributed by atoms with Crippen LogP contribution in [0.25, 0.3) is 0 Å². The fourth-order valence-electron chi connectivity index (χ4n) is 1.62. The van der Waals surface area contributed by atoms with Crippen LogP contribution in [0.3, 0.4) is 0 Å². The molecule has 0 aromatic carbocycles. The Morgan fingerprint density at radius 1 is 1.40 bits per heavy atom. The second-order valence-corrected chi connectivity index (χ2v) is 3.24. The van der Waals surface area contributed by atoms with E-state index < -0.39 is 0 Å². The third-order valence-electron chi connectivity index (χ3n) is 2.49. The molecule has 0 radical (unpaired) electrons. The molecule has 10 heavy (non-hydrogen) atoms. The predicted octanol–water partition coefficient (Wildman–Crippen LogP) is 1.20. The first-order valence-corrected chi connectivity index (χ1v) is 4.12. The number of aliphatic hydroxyl groups is 1. The quantitative estimate of drug-likeness (QED) is 0.587. The van der Waals surface area contributed by atoms with Crippen LogP contribution in [-0.4, -0.2) is 29.3 Å². The lowest BCUT2D eigenvalue weighted by Gasteiger charge is -2.26. The molecular formula is C8H17NO. The van der Waals surface area contributed by atoms with E-state index >= 15 is 0 Å². The molecule has 0 aromatic heterocycles. The Kier molecular flexibility index (Phi) is 2.69. The van der Waals surface area contributed by atoms with Gasteiger partial charge in [0.25, 0.3) is 0 Å². The highest BCUT2D eigenvalue weighted by Crippen LogP contribution is 2.22. The van der Waals surface area contributed by atoms with E-state index in [-0.39, 0.29) is 6.23 Å². The van der Waals surface area contributed by atoms with Crippen molar-refractivity contribution in [3.63, 3.8) is 0 Å². The molecule has 0 spiro atoms. The van der Waals surface area contributed by atoms with Gasteiger partial charge in [0.1, 0.15) is 6.23 Å². The zero-order chi connectivity index (χ0) is 7.56. The average Bonchev–Trinajstić information content (AvgIpc) is 2.36. The summed E-state index contributed by atoms with van der Waals surface area (Å²) in [4.78, 5) is 2.06. The van der Waals surface area contributed by atoms with Crippen LogP contribution in [0.4, 0.5) is 0 Å². The summed E-state index contributed by atoms with van der Waals surface area (Å²) in [5, 5.41) is 9.21. The molecule has 60 valence electrons. The molecule has 2 heteroatoms. The normalized spacial score (nSPS) is 24.0. The Balaban J connectivity index is 2.32. The third kappa shape index (κ3) is 1.70. The smallest absolute Gasteiger partial charge is 0.104 e. The van der Waals surface area contributed by atoms with Crippen molar-refractivity contribution in [3.05, 3.63) is 0 Å². The van der Waals surface area contributed by atoms with Crippen LogP contribution in [0.15, 0.2) is 0 Å². The van der Waals surface area contributed by atoms with E-state index in [4.69, 9.17) is 0 Å². The molecule has 1 unspecified atom stereocenters. The van der Waals surface area contributed by atoms with Gasteiger partial charge in [-0.15, -0.1) is 0 Å². The monoisotopic (exact) mass is 143 g/mol. The molecule has 0 bridgehead atoms. The van der Waals surface area contributed by atoms with E-state index in [1.807, 2.05) is 14.0 Å². The number of nitrogens with zero attached hydrogens (tertiary/aromatic N) is 1. The summed E-state index contributed by atoms with van der Waals surface area (Å²) in [6, 6.07) is 0.639. The number of aliphatic hydroxyl groups excluding tert-OH is 1. The molecule has 0 saturated heterocycles. The molecule has 2 nitrogen and oxygen atoms in total. The van der Waals surface area contributed by atoms with Crippen LogP contribution < -0.4 is 0 Å². The van der Waals surface area contributed by atoms with Gasteiger partial charge in [0.05, 0.1) is 0 Å². The van der Waals surface area contributed by atoms with Gasteiger partial charge in [-0.05, 0) is 26.8 Å². The SMILES string of the molecule is CC(O)N(C)C1CCCC1. The second kappa shape index (κ2) is 3.35. The zero-order valence-electron chi connectivity index (χ0n) is 6.88. The van der Waals surface area contributed by atoms with Crippen LogP contribution in [0.2, 0.25) is 0 Å². The van der Waals surface area contributed by atoms with E-state index in [0.717, 1.165) is 0 Å². The first-order valence-electron chi connectivity index (χ1n) is 4.12. The average molecular weight is 143 g/mol. The first kappa shape index (κ1) is 8.02. The molecule has 1 aliphatic carbocycles. The van der Waals surface area contributed by atoms with E-state index in [9.17, 15) is 5.11 Å². The van der Waals surface area contributed by atoms with Crippen molar-refractivity contribution in [2.24, 2.45) is 0 Å². The molecule has 1 fully saturated rings. The lowest BCUT2D eigenvalue weighted by Crippen LogP contribution is -2.36. The summed E-state index contributed by atoms with van der Waals surface area (Å²) in [7, 11) is 2.00. The molecule has 0 aliphatic heterocycles. The Labute approximate surface area is 62.8 Å². The lowest BCUT2D eigenvalue weighted by atomic mass is 10.2. The maximum Gasteiger partial charge on any atom is 0.104 e. The standard InChI is InChI=1S/C8H17NO/c1-7(10)9(2)8-5-3-4-6-8/h7-8,10H,3-6H2,1-2H3. The van der Waals surface area contributed by atoms with Crippen molar-refractivity contribution >= 4 is 0 Å². The Morgan fingerprint density at radius 3 is 2.30 bits per heavy atom. The predicted molar refractivity (Wildman–Crippen MR) is 41.7 cm³/mol. The first-order chi connectivity index (χ1) is 4.72. The maximum atomic E-state index is 9.21. The molecular weight excluding hydrogens is 126 g/mol. The minimum Gasteiger partial charge on any atom is -0.379 e. The van der Waals surface area contributed by atoms with E-state index in [0.29, 0.717) is 6.04 Å². The molecule has 1 saturated carbocycles. The van der Waals surface area contributed by atoms with Crippen molar-refractivity contribution in [1.82, 2.24) is 4.90 Å². The van der Waals surface area contributed by atoms with Gasteiger partial charge in [-0.3, -0.25) is 4.90 Å². The molecule has 0 aromatic rings. The van der Waals surface area contributed by atoms with Gasteiger partial charge in [0, 0.05) is 6.04 Å². The van der Waals surface area contributed by atoms with Crippen LogP contribution in [0, 0.1) is 0 Å². The largest absolute Gasteiger partial charge is 0.379 e. The summed E-state index contributed by atoms with van der Waals surface area (Å²) < 4.78 is 0.